The van der Waals surface area contributed by atoms with Gasteiger partial charge in [0.1, 0.15) is 17.2 Å². The van der Waals surface area contributed by atoms with Crippen LogP contribution in [0, 0.1) is 0 Å². The largest absolute Gasteiger partial charge is 0.497 e. The van der Waals surface area contributed by atoms with Crippen LogP contribution in [0.4, 0.5) is 0 Å². The molecule has 176 valence electrons. The topological polar surface area (TPSA) is 64.0 Å². The van der Waals surface area contributed by atoms with E-state index in [0.29, 0.717) is 23.8 Å². The molecule has 0 aliphatic rings. The number of aromatic nitrogens is 2. The van der Waals surface area contributed by atoms with Crippen LogP contribution in [0.15, 0.2) is 66.9 Å². The number of nitrogens with zero attached hydrogens (tertiary/aromatic N) is 2. The van der Waals surface area contributed by atoms with Crippen LogP contribution in [0.2, 0.25) is 0 Å². The van der Waals surface area contributed by atoms with Crippen LogP contribution >= 0.6 is 0 Å². The second kappa shape index (κ2) is 10.2. The summed E-state index contributed by atoms with van der Waals surface area (Å²) < 4.78 is 29.2. The van der Waals surface area contributed by atoms with Gasteiger partial charge in [0, 0.05) is 17.3 Å². The molecule has 7 heteroatoms. The van der Waals surface area contributed by atoms with E-state index in [2.05, 4.69) is 0 Å². The molecule has 0 amide bonds. The molecule has 0 atom stereocenters. The minimum atomic E-state index is 0.539. The first kappa shape index (κ1) is 23.0. The number of methoxy groups -OCH3 is 5. The molecule has 4 aromatic rings. The van der Waals surface area contributed by atoms with Gasteiger partial charge in [0.15, 0.2) is 11.5 Å². The highest BCUT2D eigenvalue weighted by atomic mass is 16.5. The van der Waals surface area contributed by atoms with E-state index in [1.807, 2.05) is 71.5 Å². The predicted molar refractivity (Wildman–Crippen MR) is 131 cm³/mol. The van der Waals surface area contributed by atoms with E-state index in [1.165, 1.54) is 0 Å². The van der Waals surface area contributed by atoms with Crippen LogP contribution in [0.5, 0.6) is 28.7 Å². The Hall–Kier alpha value is -4.13. The minimum absolute atomic E-state index is 0.539. The van der Waals surface area contributed by atoms with Gasteiger partial charge >= 0.3 is 0 Å². The molecule has 0 fully saturated rings. The maximum absolute atomic E-state index is 5.57. The van der Waals surface area contributed by atoms with Gasteiger partial charge in [-0.2, -0.15) is 5.10 Å². The van der Waals surface area contributed by atoms with Gasteiger partial charge in [0.2, 0.25) is 5.75 Å². The molecule has 1 heterocycles. The Kier molecular flexibility index (Phi) is 6.92. The Morgan fingerprint density at radius 3 is 1.71 bits per heavy atom. The summed E-state index contributed by atoms with van der Waals surface area (Å²) in [4.78, 5) is 0. The van der Waals surface area contributed by atoms with Crippen LogP contribution in [0.1, 0.15) is 5.56 Å². The molecule has 34 heavy (non-hydrogen) atoms. The van der Waals surface area contributed by atoms with Crippen molar-refractivity contribution in [3.63, 3.8) is 0 Å². The van der Waals surface area contributed by atoms with E-state index in [9.17, 15) is 0 Å². The van der Waals surface area contributed by atoms with Crippen LogP contribution in [0.25, 0.3) is 22.4 Å². The van der Waals surface area contributed by atoms with Gasteiger partial charge in [-0.1, -0.05) is 24.3 Å². The summed E-state index contributed by atoms with van der Waals surface area (Å²) in [7, 11) is 8.12. The first-order valence-corrected chi connectivity index (χ1v) is 10.7. The third-order valence-electron chi connectivity index (χ3n) is 5.60. The molecular formula is C27H28N2O5. The highest BCUT2D eigenvalue weighted by molar-refractivity contribution is 5.82. The zero-order valence-corrected chi connectivity index (χ0v) is 20.0. The molecule has 0 aliphatic carbocycles. The molecule has 3 aromatic carbocycles. The van der Waals surface area contributed by atoms with Gasteiger partial charge in [-0.25, -0.2) is 0 Å². The highest BCUT2D eigenvalue weighted by Crippen LogP contribution is 2.43. The minimum Gasteiger partial charge on any atom is -0.497 e. The molecule has 4 rings (SSSR count). The van der Waals surface area contributed by atoms with Crippen molar-refractivity contribution >= 4 is 0 Å². The lowest BCUT2D eigenvalue weighted by Gasteiger charge is -2.14. The van der Waals surface area contributed by atoms with Crippen LogP contribution in [-0.2, 0) is 6.54 Å². The molecule has 0 bridgehead atoms. The van der Waals surface area contributed by atoms with E-state index in [-0.39, 0.29) is 0 Å². The van der Waals surface area contributed by atoms with Crippen molar-refractivity contribution in [3.8, 4) is 51.1 Å². The van der Waals surface area contributed by atoms with Gasteiger partial charge in [0.05, 0.1) is 42.1 Å². The van der Waals surface area contributed by atoms with Crippen molar-refractivity contribution in [1.82, 2.24) is 9.78 Å². The molecular weight excluding hydrogens is 432 g/mol. The molecule has 1 aromatic heterocycles. The molecule has 0 radical (unpaired) electrons. The summed E-state index contributed by atoms with van der Waals surface area (Å²) in [5.41, 5.74) is 4.77. The van der Waals surface area contributed by atoms with Crippen LogP contribution < -0.4 is 23.7 Å². The van der Waals surface area contributed by atoms with E-state index in [1.54, 1.807) is 35.5 Å². The Morgan fingerprint density at radius 2 is 1.21 bits per heavy atom. The van der Waals surface area contributed by atoms with Gasteiger partial charge < -0.3 is 23.7 Å². The van der Waals surface area contributed by atoms with Gasteiger partial charge in [-0.3, -0.25) is 4.68 Å². The Bertz CT molecular complexity index is 1220. The SMILES string of the molecule is COc1ccc(Cn2cc(-c3ccc(OC)cc3)c(-c3cc(OC)c(OC)c(OC)c3)n2)cc1. The van der Waals surface area contributed by atoms with Crippen molar-refractivity contribution in [2.45, 2.75) is 6.54 Å². The maximum atomic E-state index is 5.57. The van der Waals surface area contributed by atoms with E-state index >= 15 is 0 Å². The van der Waals surface area contributed by atoms with Crippen molar-refractivity contribution < 1.29 is 23.7 Å². The fourth-order valence-corrected chi connectivity index (χ4v) is 3.83. The lowest BCUT2D eigenvalue weighted by Crippen LogP contribution is -2.00. The van der Waals surface area contributed by atoms with Crippen molar-refractivity contribution in [2.24, 2.45) is 0 Å². The number of rotatable bonds is 9. The molecule has 0 saturated heterocycles. The monoisotopic (exact) mass is 460 g/mol. The van der Waals surface area contributed by atoms with Crippen LogP contribution in [0.3, 0.4) is 0 Å². The molecule has 0 spiro atoms. The fraction of sp³-hybridized carbons (Fsp3) is 0.222. The van der Waals surface area contributed by atoms with Gasteiger partial charge in [-0.05, 0) is 47.5 Å². The first-order valence-electron chi connectivity index (χ1n) is 10.7. The summed E-state index contributed by atoms with van der Waals surface area (Å²) in [6.45, 7) is 0.609. The van der Waals surface area contributed by atoms with E-state index in [4.69, 9.17) is 28.8 Å². The lowest BCUT2D eigenvalue weighted by molar-refractivity contribution is 0.324. The molecule has 0 saturated carbocycles. The number of ether oxygens (including phenoxy) is 5. The third kappa shape index (κ3) is 4.64. The molecule has 7 nitrogen and oxygen atoms in total. The number of benzene rings is 3. The van der Waals surface area contributed by atoms with Crippen molar-refractivity contribution in [3.05, 3.63) is 72.4 Å². The highest BCUT2D eigenvalue weighted by Gasteiger charge is 2.19. The molecule has 0 N–H and O–H groups in total. The standard InChI is InChI=1S/C27H28N2O5/c1-30-21-10-6-18(7-11-21)16-29-17-23(19-8-12-22(31-2)13-9-19)26(28-29)20-14-24(32-3)27(34-5)25(15-20)33-4/h6-15,17H,16H2,1-5H3. The van der Waals surface area contributed by atoms with Crippen LogP contribution in [-0.4, -0.2) is 45.3 Å². The van der Waals surface area contributed by atoms with E-state index < -0.39 is 0 Å². The van der Waals surface area contributed by atoms with Gasteiger partial charge in [0.25, 0.3) is 0 Å². The third-order valence-corrected chi connectivity index (χ3v) is 5.60. The zero-order chi connectivity index (χ0) is 24.1. The molecule has 0 aliphatic heterocycles. The van der Waals surface area contributed by atoms with Gasteiger partial charge in [-0.15, -0.1) is 0 Å². The average molecular weight is 461 g/mol. The molecule has 0 unspecified atom stereocenters. The Labute approximate surface area is 199 Å². The second-order valence-electron chi connectivity index (χ2n) is 7.58. The number of hydrogen-bond donors (Lipinski definition) is 0. The Balaban J connectivity index is 1.82. The summed E-state index contributed by atoms with van der Waals surface area (Å²) in [6.07, 6.45) is 2.05. The zero-order valence-electron chi connectivity index (χ0n) is 20.0. The quantitative estimate of drug-likeness (QED) is 0.337. The maximum Gasteiger partial charge on any atom is 0.203 e. The first-order chi connectivity index (χ1) is 16.6. The second-order valence-corrected chi connectivity index (χ2v) is 7.58. The summed E-state index contributed by atoms with van der Waals surface area (Å²) in [6, 6.07) is 19.7. The average Bonchev–Trinajstić information content (AvgIpc) is 3.31. The predicted octanol–water partition coefficient (Wildman–Crippen LogP) is 5.31. The summed E-state index contributed by atoms with van der Waals surface area (Å²) in [5, 5.41) is 4.95. The smallest absolute Gasteiger partial charge is 0.203 e. The fourth-order valence-electron chi connectivity index (χ4n) is 3.83. The summed E-state index contributed by atoms with van der Waals surface area (Å²) in [5.74, 6) is 3.30. The van der Waals surface area contributed by atoms with E-state index in [0.717, 1.165) is 39.4 Å². The normalized spacial score (nSPS) is 10.6. The van der Waals surface area contributed by atoms with Crippen molar-refractivity contribution in [2.75, 3.05) is 35.5 Å². The Morgan fingerprint density at radius 1 is 0.647 bits per heavy atom. The lowest BCUT2D eigenvalue weighted by atomic mass is 10.0. The summed E-state index contributed by atoms with van der Waals surface area (Å²) >= 11 is 0. The number of hydrogen-bond acceptors (Lipinski definition) is 6. The van der Waals surface area contributed by atoms with Crippen molar-refractivity contribution in [1.29, 1.82) is 0 Å².